The van der Waals surface area contributed by atoms with Crippen molar-refractivity contribution in [3.63, 3.8) is 0 Å². The summed E-state index contributed by atoms with van der Waals surface area (Å²) < 4.78 is 11.5. The molecule has 118 valence electrons. The highest BCUT2D eigenvalue weighted by Crippen LogP contribution is 2.24. The number of rotatable bonds is 9. The minimum Gasteiger partial charge on any atom is -0.491 e. The molecule has 1 aromatic carbocycles. The maximum atomic E-state index is 5.77. The smallest absolute Gasteiger partial charge is 0.119 e. The predicted octanol–water partition coefficient (Wildman–Crippen LogP) is 3.77. The van der Waals surface area contributed by atoms with Crippen molar-refractivity contribution < 1.29 is 9.47 Å². The fourth-order valence-corrected chi connectivity index (χ4v) is 2.71. The summed E-state index contributed by atoms with van der Waals surface area (Å²) in [6.07, 6.45) is 5.43. The Morgan fingerprint density at radius 3 is 2.76 bits per heavy atom. The van der Waals surface area contributed by atoms with Crippen molar-refractivity contribution in [2.24, 2.45) is 5.92 Å². The lowest BCUT2D eigenvalue weighted by atomic mass is 10.1. The van der Waals surface area contributed by atoms with Crippen molar-refractivity contribution in [3.05, 3.63) is 29.8 Å². The van der Waals surface area contributed by atoms with E-state index in [-0.39, 0.29) is 0 Å². The molecule has 0 bridgehead atoms. The average Bonchev–Trinajstić information content (AvgIpc) is 2.98. The van der Waals surface area contributed by atoms with Crippen LogP contribution in [0.1, 0.15) is 45.1 Å². The molecule has 1 aliphatic rings. The molecule has 0 heterocycles. The lowest BCUT2D eigenvalue weighted by Gasteiger charge is -2.12. The molecule has 21 heavy (non-hydrogen) atoms. The van der Waals surface area contributed by atoms with Gasteiger partial charge in [0.05, 0.1) is 6.61 Å². The van der Waals surface area contributed by atoms with Crippen LogP contribution < -0.4 is 10.1 Å². The Morgan fingerprint density at radius 2 is 2.00 bits per heavy atom. The quantitative estimate of drug-likeness (QED) is 0.703. The van der Waals surface area contributed by atoms with Crippen LogP contribution in [0.3, 0.4) is 0 Å². The van der Waals surface area contributed by atoms with E-state index in [0.717, 1.165) is 24.8 Å². The summed E-state index contributed by atoms with van der Waals surface area (Å²) in [5, 5.41) is 3.42. The van der Waals surface area contributed by atoms with Gasteiger partial charge in [0.25, 0.3) is 0 Å². The summed E-state index contributed by atoms with van der Waals surface area (Å²) in [6.45, 7) is 7.41. The molecular formula is C18H29NO2. The molecule has 1 saturated carbocycles. The van der Waals surface area contributed by atoms with Crippen molar-refractivity contribution in [2.45, 2.75) is 52.1 Å². The van der Waals surface area contributed by atoms with Crippen molar-refractivity contribution in [1.82, 2.24) is 5.32 Å². The Balaban J connectivity index is 1.62. The molecule has 3 heteroatoms. The normalized spacial score (nSPS) is 15.8. The number of ether oxygens (including phenoxy) is 2. The van der Waals surface area contributed by atoms with Gasteiger partial charge in [0, 0.05) is 19.2 Å². The molecule has 0 radical (unpaired) electrons. The molecule has 1 N–H and O–H groups in total. The van der Waals surface area contributed by atoms with Crippen LogP contribution in [0.25, 0.3) is 0 Å². The van der Waals surface area contributed by atoms with Crippen molar-refractivity contribution in [2.75, 3.05) is 19.8 Å². The molecule has 3 nitrogen and oxygen atoms in total. The topological polar surface area (TPSA) is 30.5 Å². The first-order valence-corrected chi connectivity index (χ1v) is 8.27. The lowest BCUT2D eigenvalue weighted by Crippen LogP contribution is -2.21. The minimum atomic E-state index is 0.499. The summed E-state index contributed by atoms with van der Waals surface area (Å²) in [7, 11) is 0. The zero-order valence-corrected chi connectivity index (χ0v) is 13.4. The highest BCUT2D eigenvalue weighted by Gasteiger charge is 2.14. The van der Waals surface area contributed by atoms with E-state index < -0.39 is 0 Å². The Kier molecular flexibility index (Phi) is 7.04. The van der Waals surface area contributed by atoms with Gasteiger partial charge < -0.3 is 14.8 Å². The third-order valence-corrected chi connectivity index (χ3v) is 3.94. The first kappa shape index (κ1) is 16.3. The number of hydrogen-bond acceptors (Lipinski definition) is 3. The van der Waals surface area contributed by atoms with Gasteiger partial charge in [-0.3, -0.25) is 0 Å². The van der Waals surface area contributed by atoms with Crippen LogP contribution in [0.5, 0.6) is 5.75 Å². The molecule has 0 spiro atoms. The van der Waals surface area contributed by atoms with Crippen LogP contribution in [0.2, 0.25) is 0 Å². The van der Waals surface area contributed by atoms with E-state index in [4.69, 9.17) is 9.47 Å². The Hall–Kier alpha value is -1.06. The summed E-state index contributed by atoms with van der Waals surface area (Å²) in [5.41, 5.74) is 1.26. The van der Waals surface area contributed by atoms with Crippen LogP contribution in [0.4, 0.5) is 0 Å². The molecule has 0 amide bonds. The summed E-state index contributed by atoms with van der Waals surface area (Å²) in [4.78, 5) is 0. The van der Waals surface area contributed by atoms with Gasteiger partial charge in [0.2, 0.25) is 0 Å². The fraction of sp³-hybridized carbons (Fsp3) is 0.667. The molecule has 0 saturated heterocycles. The molecule has 0 unspecified atom stereocenters. The second-order valence-corrected chi connectivity index (χ2v) is 6.26. The molecule has 0 aliphatic heterocycles. The maximum Gasteiger partial charge on any atom is 0.119 e. The standard InChI is InChI=1S/C18H29NO2/c1-15(2)19-13-17-8-5-9-18(12-17)21-11-10-20-14-16-6-3-4-7-16/h5,8-9,12,15-16,19H,3-4,6-7,10-11,13-14H2,1-2H3. The zero-order chi connectivity index (χ0) is 14.9. The number of benzene rings is 1. The summed E-state index contributed by atoms with van der Waals surface area (Å²) in [6, 6.07) is 8.78. The van der Waals surface area contributed by atoms with Crippen LogP contribution in [0, 0.1) is 5.92 Å². The van der Waals surface area contributed by atoms with Crippen molar-refractivity contribution in [1.29, 1.82) is 0 Å². The molecular weight excluding hydrogens is 262 g/mol. The molecule has 0 aromatic heterocycles. The Bertz CT molecular complexity index is 400. The summed E-state index contributed by atoms with van der Waals surface area (Å²) >= 11 is 0. The van der Waals surface area contributed by atoms with Gasteiger partial charge in [-0.05, 0) is 36.5 Å². The average molecular weight is 291 g/mol. The largest absolute Gasteiger partial charge is 0.491 e. The molecule has 1 aliphatic carbocycles. The SMILES string of the molecule is CC(C)NCc1cccc(OCCOCC2CCCC2)c1. The highest BCUT2D eigenvalue weighted by atomic mass is 16.5. The van der Waals surface area contributed by atoms with Gasteiger partial charge in [-0.1, -0.05) is 38.8 Å². The Morgan fingerprint density at radius 1 is 1.19 bits per heavy atom. The van der Waals surface area contributed by atoms with Gasteiger partial charge >= 0.3 is 0 Å². The van der Waals surface area contributed by atoms with E-state index >= 15 is 0 Å². The van der Waals surface area contributed by atoms with E-state index in [1.54, 1.807) is 0 Å². The second-order valence-electron chi connectivity index (χ2n) is 6.26. The van der Waals surface area contributed by atoms with E-state index in [9.17, 15) is 0 Å². The van der Waals surface area contributed by atoms with Gasteiger partial charge in [0.15, 0.2) is 0 Å². The predicted molar refractivity (Wildman–Crippen MR) is 86.7 cm³/mol. The summed E-state index contributed by atoms with van der Waals surface area (Å²) in [5.74, 6) is 1.72. The van der Waals surface area contributed by atoms with Crippen LogP contribution in [-0.4, -0.2) is 25.9 Å². The van der Waals surface area contributed by atoms with Gasteiger partial charge in [-0.2, -0.15) is 0 Å². The van der Waals surface area contributed by atoms with E-state index in [2.05, 4.69) is 31.3 Å². The first-order valence-electron chi connectivity index (χ1n) is 8.27. The zero-order valence-electron chi connectivity index (χ0n) is 13.4. The number of hydrogen-bond donors (Lipinski definition) is 1. The van der Waals surface area contributed by atoms with Crippen molar-refractivity contribution in [3.8, 4) is 5.75 Å². The van der Waals surface area contributed by atoms with E-state index in [1.807, 2.05) is 12.1 Å². The third kappa shape index (κ3) is 6.49. The van der Waals surface area contributed by atoms with Crippen LogP contribution in [0.15, 0.2) is 24.3 Å². The van der Waals surface area contributed by atoms with Gasteiger partial charge in [0.1, 0.15) is 12.4 Å². The maximum absolute atomic E-state index is 5.77. The second kappa shape index (κ2) is 9.06. The fourth-order valence-electron chi connectivity index (χ4n) is 2.71. The van der Waals surface area contributed by atoms with E-state index in [1.165, 1.54) is 31.2 Å². The van der Waals surface area contributed by atoms with Crippen LogP contribution in [-0.2, 0) is 11.3 Å². The minimum absolute atomic E-state index is 0.499. The lowest BCUT2D eigenvalue weighted by molar-refractivity contribution is 0.0754. The third-order valence-electron chi connectivity index (χ3n) is 3.94. The molecule has 1 aromatic rings. The van der Waals surface area contributed by atoms with Gasteiger partial charge in [-0.25, -0.2) is 0 Å². The van der Waals surface area contributed by atoms with Crippen LogP contribution >= 0.6 is 0 Å². The molecule has 0 atom stereocenters. The van der Waals surface area contributed by atoms with E-state index in [0.29, 0.717) is 19.3 Å². The van der Waals surface area contributed by atoms with Gasteiger partial charge in [-0.15, -0.1) is 0 Å². The highest BCUT2D eigenvalue weighted by molar-refractivity contribution is 5.28. The molecule has 1 fully saturated rings. The monoisotopic (exact) mass is 291 g/mol. The van der Waals surface area contributed by atoms with Crippen molar-refractivity contribution >= 4 is 0 Å². The number of nitrogens with one attached hydrogen (secondary N) is 1. The first-order chi connectivity index (χ1) is 10.2. The molecule has 2 rings (SSSR count). The Labute approximate surface area is 129 Å².